The van der Waals surface area contributed by atoms with Gasteiger partial charge in [-0.05, 0) is 55.3 Å². The summed E-state index contributed by atoms with van der Waals surface area (Å²) < 4.78 is 7.41. The van der Waals surface area contributed by atoms with Crippen molar-refractivity contribution in [2.24, 2.45) is 0 Å². The van der Waals surface area contributed by atoms with Gasteiger partial charge in [0.1, 0.15) is 5.82 Å². The summed E-state index contributed by atoms with van der Waals surface area (Å²) in [5, 5.41) is 0.743. The van der Waals surface area contributed by atoms with Crippen LogP contribution in [-0.2, 0) is 0 Å². The van der Waals surface area contributed by atoms with Crippen LogP contribution in [0.25, 0.3) is 22.2 Å². The molecule has 4 rings (SSSR count). The van der Waals surface area contributed by atoms with Gasteiger partial charge in [0.05, 0.1) is 24.2 Å². The molecule has 1 unspecified atom stereocenters. The summed E-state index contributed by atoms with van der Waals surface area (Å²) in [6.07, 6.45) is 1.83. The first-order chi connectivity index (χ1) is 13.1. The number of hydrogen-bond acceptors (Lipinski definition) is 3. The van der Waals surface area contributed by atoms with E-state index in [1.165, 1.54) is 5.56 Å². The lowest BCUT2D eigenvalue weighted by molar-refractivity contribution is 0.398. The van der Waals surface area contributed by atoms with Gasteiger partial charge in [-0.15, -0.1) is 0 Å². The molecule has 0 bridgehead atoms. The fourth-order valence-corrected chi connectivity index (χ4v) is 3.57. The van der Waals surface area contributed by atoms with Gasteiger partial charge in [0, 0.05) is 22.8 Å². The van der Waals surface area contributed by atoms with Crippen molar-refractivity contribution < 1.29 is 4.74 Å². The Hall–Kier alpha value is -2.85. The highest BCUT2D eigenvalue weighted by molar-refractivity contribution is 6.30. The number of halogens is 1. The fourth-order valence-electron chi connectivity index (χ4n) is 3.44. The van der Waals surface area contributed by atoms with Crippen LogP contribution in [0, 0.1) is 6.92 Å². The molecule has 2 heterocycles. The maximum Gasteiger partial charge on any atom is 0.212 e. The molecule has 0 saturated carbocycles. The summed E-state index contributed by atoms with van der Waals surface area (Å²) in [6.45, 7) is 4.22. The number of fused-ring (bicyclic) bond motifs is 1. The van der Waals surface area contributed by atoms with Gasteiger partial charge < -0.3 is 9.30 Å². The van der Waals surface area contributed by atoms with Crippen LogP contribution in [0.1, 0.15) is 24.4 Å². The largest absolute Gasteiger partial charge is 0.481 e. The van der Waals surface area contributed by atoms with Crippen molar-refractivity contribution >= 4 is 22.6 Å². The molecule has 136 valence electrons. The topological polar surface area (TPSA) is 39.9 Å². The van der Waals surface area contributed by atoms with E-state index in [4.69, 9.17) is 21.3 Å². The van der Waals surface area contributed by atoms with Crippen molar-refractivity contribution in [3.8, 4) is 17.0 Å². The molecule has 0 radical (unpaired) electrons. The Kier molecular flexibility index (Phi) is 4.58. The molecule has 27 heavy (non-hydrogen) atoms. The first-order valence-electron chi connectivity index (χ1n) is 8.81. The van der Waals surface area contributed by atoms with E-state index in [1.807, 2.05) is 37.4 Å². The molecule has 0 fully saturated rings. The second-order valence-corrected chi connectivity index (χ2v) is 6.99. The van der Waals surface area contributed by atoms with Crippen LogP contribution >= 0.6 is 11.6 Å². The van der Waals surface area contributed by atoms with E-state index in [9.17, 15) is 0 Å². The molecule has 5 heteroatoms. The molecule has 0 aliphatic carbocycles. The zero-order valence-electron chi connectivity index (χ0n) is 15.5. The van der Waals surface area contributed by atoms with Gasteiger partial charge in [-0.1, -0.05) is 29.8 Å². The molecule has 2 aromatic heterocycles. The van der Waals surface area contributed by atoms with Crippen LogP contribution in [0.2, 0.25) is 5.02 Å². The number of rotatable bonds is 4. The normalized spacial score (nSPS) is 12.3. The van der Waals surface area contributed by atoms with Crippen molar-refractivity contribution in [2.45, 2.75) is 19.9 Å². The smallest absolute Gasteiger partial charge is 0.212 e. The Morgan fingerprint density at radius 2 is 1.74 bits per heavy atom. The van der Waals surface area contributed by atoms with E-state index in [1.54, 1.807) is 7.11 Å². The van der Waals surface area contributed by atoms with Crippen molar-refractivity contribution in [1.29, 1.82) is 0 Å². The molecule has 4 aromatic rings. The van der Waals surface area contributed by atoms with E-state index < -0.39 is 0 Å². The predicted molar refractivity (Wildman–Crippen MR) is 110 cm³/mol. The number of methoxy groups -OCH3 is 1. The van der Waals surface area contributed by atoms with Crippen molar-refractivity contribution in [1.82, 2.24) is 14.5 Å². The third-order valence-electron chi connectivity index (χ3n) is 4.88. The number of nitrogens with zero attached hydrogens (tertiary/aromatic N) is 3. The van der Waals surface area contributed by atoms with Gasteiger partial charge in [-0.2, -0.15) is 0 Å². The molecule has 1 atom stereocenters. The van der Waals surface area contributed by atoms with E-state index in [0.29, 0.717) is 5.88 Å². The Morgan fingerprint density at radius 3 is 2.41 bits per heavy atom. The minimum atomic E-state index is 0.150. The zero-order valence-corrected chi connectivity index (χ0v) is 16.2. The zero-order chi connectivity index (χ0) is 19.0. The lowest BCUT2D eigenvalue weighted by Gasteiger charge is -2.17. The highest BCUT2D eigenvalue weighted by atomic mass is 35.5. The molecule has 0 N–H and O–H groups in total. The highest BCUT2D eigenvalue weighted by Crippen LogP contribution is 2.30. The number of pyridine rings is 1. The molecule has 4 nitrogen and oxygen atoms in total. The number of hydrogen-bond donors (Lipinski definition) is 0. The maximum absolute atomic E-state index is 6.04. The predicted octanol–water partition coefficient (Wildman–Crippen LogP) is 5.68. The average Bonchev–Trinajstić information content (AvgIpc) is 3.03. The van der Waals surface area contributed by atoms with Crippen molar-refractivity contribution in [3.05, 3.63) is 77.2 Å². The summed E-state index contributed by atoms with van der Waals surface area (Å²) in [5.74, 6) is 1.59. The summed E-state index contributed by atoms with van der Waals surface area (Å²) in [6, 6.07) is 18.3. The Labute approximate surface area is 163 Å². The number of aryl methyl sites for hydroxylation is 1. The van der Waals surface area contributed by atoms with E-state index in [-0.39, 0.29) is 6.04 Å². The van der Waals surface area contributed by atoms with Gasteiger partial charge in [-0.3, -0.25) is 0 Å². The molecule has 0 amide bonds. The second-order valence-electron chi connectivity index (χ2n) is 6.55. The molecule has 0 spiro atoms. The van der Waals surface area contributed by atoms with Crippen molar-refractivity contribution in [2.75, 3.05) is 7.11 Å². The minimum absolute atomic E-state index is 0.150. The van der Waals surface area contributed by atoms with Gasteiger partial charge in [0.25, 0.3) is 0 Å². The summed E-state index contributed by atoms with van der Waals surface area (Å²) in [5.41, 5.74) is 5.42. The summed E-state index contributed by atoms with van der Waals surface area (Å²) in [4.78, 5) is 9.06. The van der Waals surface area contributed by atoms with E-state index in [0.717, 1.165) is 33.0 Å². The Morgan fingerprint density at radius 1 is 1.00 bits per heavy atom. The lowest BCUT2D eigenvalue weighted by atomic mass is 10.1. The van der Waals surface area contributed by atoms with Crippen LogP contribution < -0.4 is 4.74 Å². The quantitative estimate of drug-likeness (QED) is 0.459. The van der Waals surface area contributed by atoms with Gasteiger partial charge in [-0.25, -0.2) is 9.97 Å². The van der Waals surface area contributed by atoms with Gasteiger partial charge in [0.15, 0.2) is 0 Å². The number of aromatic nitrogens is 3. The second kappa shape index (κ2) is 7.05. The standard InChI is InChI=1S/C22H20ClN3O/c1-14(16-4-8-19(23)9-5-16)26-15(2)25-20-10-6-17(12-21(20)26)18-7-11-22(27-3)24-13-18/h4-14H,1-3H3. The minimum Gasteiger partial charge on any atom is -0.481 e. The summed E-state index contributed by atoms with van der Waals surface area (Å²) >= 11 is 6.04. The molecular formula is C22H20ClN3O. The van der Waals surface area contributed by atoms with Crippen LogP contribution in [-0.4, -0.2) is 21.6 Å². The third kappa shape index (κ3) is 3.28. The van der Waals surface area contributed by atoms with Crippen LogP contribution in [0.15, 0.2) is 60.8 Å². The number of benzene rings is 2. The third-order valence-corrected chi connectivity index (χ3v) is 5.14. The van der Waals surface area contributed by atoms with Crippen LogP contribution in [0.3, 0.4) is 0 Å². The lowest BCUT2D eigenvalue weighted by Crippen LogP contribution is -2.08. The summed E-state index contributed by atoms with van der Waals surface area (Å²) in [7, 11) is 1.62. The van der Waals surface area contributed by atoms with Crippen LogP contribution in [0.5, 0.6) is 5.88 Å². The van der Waals surface area contributed by atoms with Gasteiger partial charge >= 0.3 is 0 Å². The molecule has 2 aromatic carbocycles. The SMILES string of the molecule is COc1ccc(-c2ccc3nc(C)n(C(C)c4ccc(Cl)cc4)c3c2)cn1. The van der Waals surface area contributed by atoms with E-state index in [2.05, 4.69) is 46.8 Å². The monoisotopic (exact) mass is 377 g/mol. The molecular weight excluding hydrogens is 358 g/mol. The average molecular weight is 378 g/mol. The molecule has 0 aliphatic heterocycles. The number of imidazole rings is 1. The highest BCUT2D eigenvalue weighted by Gasteiger charge is 2.16. The van der Waals surface area contributed by atoms with Crippen molar-refractivity contribution in [3.63, 3.8) is 0 Å². The Bertz CT molecular complexity index is 1090. The van der Waals surface area contributed by atoms with Crippen LogP contribution in [0.4, 0.5) is 0 Å². The Balaban J connectivity index is 1.80. The number of ether oxygens (including phenoxy) is 1. The fraction of sp³-hybridized carbons (Fsp3) is 0.182. The molecule has 0 saturated heterocycles. The van der Waals surface area contributed by atoms with Gasteiger partial charge in [0.2, 0.25) is 5.88 Å². The molecule has 0 aliphatic rings. The maximum atomic E-state index is 6.04. The first-order valence-corrected chi connectivity index (χ1v) is 9.19. The first kappa shape index (κ1) is 17.6. The van der Waals surface area contributed by atoms with E-state index >= 15 is 0 Å².